The summed E-state index contributed by atoms with van der Waals surface area (Å²) in [5.41, 5.74) is 1.14. The van der Waals surface area contributed by atoms with Crippen LogP contribution in [-0.2, 0) is 4.79 Å². The van der Waals surface area contributed by atoms with Gasteiger partial charge in [-0.15, -0.1) is 0 Å². The maximum atomic E-state index is 14.0. The smallest absolute Gasteiger partial charge is 0.312 e. The molecule has 0 bridgehead atoms. The Bertz CT molecular complexity index is 1440. The first kappa shape index (κ1) is 21.3. The number of ketones is 1. The van der Waals surface area contributed by atoms with E-state index in [1.165, 1.54) is 18.2 Å². The average molecular weight is 480 g/mol. The zero-order valence-electron chi connectivity index (χ0n) is 17.9. The summed E-state index contributed by atoms with van der Waals surface area (Å²) in [7, 11) is 0. The van der Waals surface area contributed by atoms with Crippen molar-refractivity contribution in [3.05, 3.63) is 87.9 Å². The Hall–Kier alpha value is -4.27. The van der Waals surface area contributed by atoms with Gasteiger partial charge in [0.25, 0.3) is 0 Å². The number of esters is 1. The Morgan fingerprint density at radius 2 is 1.54 bits per heavy atom. The second kappa shape index (κ2) is 7.90. The first-order valence-electron chi connectivity index (χ1n) is 10.7. The molecule has 176 valence electrons. The van der Waals surface area contributed by atoms with Gasteiger partial charge in [-0.3, -0.25) is 9.59 Å². The van der Waals surface area contributed by atoms with Gasteiger partial charge in [-0.2, -0.15) is 0 Å². The Morgan fingerprint density at radius 1 is 0.829 bits per heavy atom. The van der Waals surface area contributed by atoms with Crippen molar-refractivity contribution in [1.82, 2.24) is 0 Å². The molecule has 35 heavy (non-hydrogen) atoms. The molecular weight excluding hydrogens is 465 g/mol. The minimum atomic E-state index is -1.61. The molecule has 0 spiro atoms. The lowest BCUT2D eigenvalue weighted by atomic mass is 9.84. The van der Waals surface area contributed by atoms with Gasteiger partial charge in [-0.25, -0.2) is 13.2 Å². The molecular formula is C26H15F3O6. The topological polar surface area (TPSA) is 71.1 Å². The predicted molar refractivity (Wildman–Crippen MR) is 115 cm³/mol. The minimum absolute atomic E-state index is 0.0113. The summed E-state index contributed by atoms with van der Waals surface area (Å²) in [5, 5.41) is 0. The molecule has 0 N–H and O–H groups in total. The number of hydrogen-bond acceptors (Lipinski definition) is 6. The van der Waals surface area contributed by atoms with Gasteiger partial charge in [0, 0.05) is 11.5 Å². The van der Waals surface area contributed by atoms with E-state index >= 15 is 0 Å². The maximum absolute atomic E-state index is 14.0. The van der Waals surface area contributed by atoms with Gasteiger partial charge in [0.2, 0.25) is 5.78 Å². The van der Waals surface area contributed by atoms with E-state index in [2.05, 4.69) is 0 Å². The molecule has 0 saturated carbocycles. The summed E-state index contributed by atoms with van der Waals surface area (Å²) in [4.78, 5) is 25.3. The van der Waals surface area contributed by atoms with Crippen LogP contribution in [0.2, 0.25) is 0 Å². The maximum Gasteiger partial charge on any atom is 0.312 e. The van der Waals surface area contributed by atoms with Crippen LogP contribution in [0.25, 0.3) is 6.08 Å². The second-order valence-electron chi connectivity index (χ2n) is 8.23. The number of benzene rings is 3. The molecule has 3 aromatic rings. The standard InChI is InChI=1S/C26H15F3O6/c27-16-9-13(10-17(28)24(16)29)15-11-22(30)34-19-4-2-14-25(31)21(35-26(14)23(15)19)8-12-1-3-18-20(7-12)33-6-5-32-18/h1-4,7-10,15H,5-6,11H2. The number of halogens is 3. The van der Waals surface area contributed by atoms with Gasteiger partial charge >= 0.3 is 5.97 Å². The molecule has 3 aromatic carbocycles. The second-order valence-corrected chi connectivity index (χ2v) is 8.23. The van der Waals surface area contributed by atoms with Crippen LogP contribution in [0, 0.1) is 17.5 Å². The molecule has 3 aliphatic heterocycles. The molecule has 9 heteroatoms. The molecule has 0 fully saturated rings. The number of allylic oxidation sites excluding steroid dienone is 1. The van der Waals surface area contributed by atoms with Crippen molar-refractivity contribution in [3.63, 3.8) is 0 Å². The number of Topliss-reactive ketones (excluding diaryl/α,β-unsaturated/α-hetero) is 1. The van der Waals surface area contributed by atoms with E-state index in [0.29, 0.717) is 30.3 Å². The lowest BCUT2D eigenvalue weighted by Gasteiger charge is -2.26. The fraction of sp³-hybridized carbons (Fsp3) is 0.154. The molecule has 6 nitrogen and oxygen atoms in total. The number of hydrogen-bond donors (Lipinski definition) is 0. The third-order valence-electron chi connectivity index (χ3n) is 6.05. The zero-order valence-corrected chi connectivity index (χ0v) is 17.9. The lowest BCUT2D eigenvalue weighted by molar-refractivity contribution is -0.135. The number of ether oxygens (including phenoxy) is 4. The number of carbonyl (C=O) groups excluding carboxylic acids is 2. The van der Waals surface area contributed by atoms with Gasteiger partial charge in [0.05, 0.1) is 12.0 Å². The molecule has 0 saturated heterocycles. The third kappa shape index (κ3) is 3.51. The van der Waals surface area contributed by atoms with Gasteiger partial charge in [0.15, 0.2) is 34.7 Å². The highest BCUT2D eigenvalue weighted by atomic mass is 19.2. The van der Waals surface area contributed by atoms with E-state index in [0.717, 1.165) is 12.1 Å². The fourth-order valence-electron chi connectivity index (χ4n) is 4.47. The van der Waals surface area contributed by atoms with Crippen molar-refractivity contribution in [2.24, 2.45) is 0 Å². The largest absolute Gasteiger partial charge is 0.486 e. The van der Waals surface area contributed by atoms with Crippen LogP contribution in [0.4, 0.5) is 13.2 Å². The molecule has 3 heterocycles. The summed E-state index contributed by atoms with van der Waals surface area (Å²) in [6, 6.07) is 9.73. The zero-order chi connectivity index (χ0) is 24.3. The van der Waals surface area contributed by atoms with Crippen LogP contribution in [0.5, 0.6) is 23.0 Å². The van der Waals surface area contributed by atoms with E-state index in [1.54, 1.807) is 18.2 Å². The lowest BCUT2D eigenvalue weighted by Crippen LogP contribution is -2.22. The van der Waals surface area contributed by atoms with E-state index in [4.69, 9.17) is 18.9 Å². The third-order valence-corrected chi connectivity index (χ3v) is 6.05. The highest BCUT2D eigenvalue weighted by Crippen LogP contribution is 2.49. The van der Waals surface area contributed by atoms with Gasteiger partial charge in [-0.05, 0) is 53.6 Å². The molecule has 3 aliphatic rings. The van der Waals surface area contributed by atoms with Crippen LogP contribution < -0.4 is 18.9 Å². The summed E-state index contributed by atoms with van der Waals surface area (Å²) in [6.07, 6.45) is 1.26. The Balaban J connectivity index is 1.43. The molecule has 0 amide bonds. The molecule has 6 rings (SSSR count). The van der Waals surface area contributed by atoms with Crippen molar-refractivity contribution in [2.45, 2.75) is 12.3 Å². The van der Waals surface area contributed by atoms with Crippen LogP contribution in [0.15, 0.2) is 48.2 Å². The highest BCUT2D eigenvalue weighted by Gasteiger charge is 2.39. The normalized spacial score (nSPS) is 19.2. The minimum Gasteiger partial charge on any atom is -0.486 e. The van der Waals surface area contributed by atoms with E-state index in [9.17, 15) is 22.8 Å². The predicted octanol–water partition coefficient (Wildman–Crippen LogP) is 4.93. The summed E-state index contributed by atoms with van der Waals surface area (Å²) < 4.78 is 63.8. The van der Waals surface area contributed by atoms with Crippen LogP contribution in [-0.4, -0.2) is 25.0 Å². The van der Waals surface area contributed by atoms with Gasteiger partial charge in [0.1, 0.15) is 24.7 Å². The average Bonchev–Trinajstić information content (AvgIpc) is 3.16. The molecule has 0 radical (unpaired) electrons. The van der Waals surface area contributed by atoms with Crippen molar-refractivity contribution in [1.29, 1.82) is 0 Å². The van der Waals surface area contributed by atoms with Gasteiger partial charge in [-0.1, -0.05) is 6.07 Å². The molecule has 0 aliphatic carbocycles. The van der Waals surface area contributed by atoms with Crippen molar-refractivity contribution in [2.75, 3.05) is 13.2 Å². The Morgan fingerprint density at radius 3 is 2.31 bits per heavy atom. The summed E-state index contributed by atoms with van der Waals surface area (Å²) >= 11 is 0. The van der Waals surface area contributed by atoms with E-state index in [-0.39, 0.29) is 40.4 Å². The number of rotatable bonds is 2. The van der Waals surface area contributed by atoms with Crippen molar-refractivity contribution < 1.29 is 41.7 Å². The first-order valence-corrected chi connectivity index (χ1v) is 10.7. The number of carbonyl (C=O) groups is 2. The molecule has 1 unspecified atom stereocenters. The van der Waals surface area contributed by atoms with E-state index < -0.39 is 35.1 Å². The van der Waals surface area contributed by atoms with Crippen LogP contribution in [0.3, 0.4) is 0 Å². The fourth-order valence-corrected chi connectivity index (χ4v) is 4.47. The summed E-state index contributed by atoms with van der Waals surface area (Å²) in [5.74, 6) is -4.97. The SMILES string of the molecule is O=C1CC(c2cc(F)c(F)c(F)c2)c2c(ccc3c2OC(=Cc2ccc4c(c2)OCCO4)C3=O)O1. The van der Waals surface area contributed by atoms with Crippen molar-refractivity contribution >= 4 is 17.8 Å². The monoisotopic (exact) mass is 480 g/mol. The van der Waals surface area contributed by atoms with Crippen molar-refractivity contribution in [3.8, 4) is 23.0 Å². The Labute approximate surface area is 196 Å². The summed E-state index contributed by atoms with van der Waals surface area (Å²) in [6.45, 7) is 0.855. The molecule has 1 atom stereocenters. The first-order chi connectivity index (χ1) is 16.9. The van der Waals surface area contributed by atoms with Crippen LogP contribution >= 0.6 is 0 Å². The number of fused-ring (bicyclic) bond motifs is 4. The molecule has 0 aromatic heterocycles. The van der Waals surface area contributed by atoms with Crippen LogP contribution in [0.1, 0.15) is 39.4 Å². The quantitative estimate of drug-likeness (QED) is 0.224. The highest BCUT2D eigenvalue weighted by molar-refractivity contribution is 6.15. The Kier molecular flexibility index (Phi) is 4.80. The van der Waals surface area contributed by atoms with Gasteiger partial charge < -0.3 is 18.9 Å². The van der Waals surface area contributed by atoms with E-state index in [1.807, 2.05) is 0 Å².